The zero-order chi connectivity index (χ0) is 12.8. The van der Waals surface area contributed by atoms with Crippen LogP contribution in [0.2, 0.25) is 0 Å². The molecule has 0 radical (unpaired) electrons. The van der Waals surface area contributed by atoms with Crippen molar-refractivity contribution in [3.8, 4) is 0 Å². The third-order valence-electron chi connectivity index (χ3n) is 4.83. The van der Waals surface area contributed by atoms with Gasteiger partial charge >= 0.3 is 0 Å². The maximum Gasteiger partial charge on any atom is 0.0482 e. The van der Waals surface area contributed by atoms with Crippen molar-refractivity contribution in [2.75, 3.05) is 0 Å². The van der Waals surface area contributed by atoms with Gasteiger partial charge in [0, 0.05) is 29.8 Å². The van der Waals surface area contributed by atoms with E-state index in [1.54, 1.807) is 0 Å². The van der Waals surface area contributed by atoms with Gasteiger partial charge in [0.05, 0.1) is 0 Å². The van der Waals surface area contributed by atoms with Gasteiger partial charge < -0.3 is 5.73 Å². The molecule has 1 heterocycles. The molecule has 0 spiro atoms. The molecule has 2 aliphatic rings. The van der Waals surface area contributed by atoms with Gasteiger partial charge in [-0.05, 0) is 42.0 Å². The molecule has 3 unspecified atom stereocenters. The highest BCUT2D eigenvalue weighted by atomic mass is 14.8. The van der Waals surface area contributed by atoms with Crippen molar-refractivity contribution in [3.63, 3.8) is 0 Å². The van der Waals surface area contributed by atoms with E-state index in [1.165, 1.54) is 22.4 Å². The second kappa shape index (κ2) is 4.17. The molecule has 0 fully saturated rings. The van der Waals surface area contributed by atoms with Gasteiger partial charge in [0.15, 0.2) is 0 Å². The van der Waals surface area contributed by atoms with Gasteiger partial charge in [-0.2, -0.15) is 0 Å². The molecule has 2 nitrogen and oxygen atoms in total. The Balaban J connectivity index is 1.62. The largest absolute Gasteiger partial charge is 0.327 e. The first-order chi connectivity index (χ1) is 9.34. The van der Waals surface area contributed by atoms with Crippen molar-refractivity contribution in [3.05, 3.63) is 65.0 Å². The van der Waals surface area contributed by atoms with E-state index in [-0.39, 0.29) is 6.04 Å². The average molecular weight is 250 g/mol. The number of hydrogen-bond donors (Lipinski definition) is 1. The molecule has 96 valence electrons. The van der Waals surface area contributed by atoms with E-state index in [0.29, 0.717) is 11.8 Å². The number of aryl methyl sites for hydroxylation is 1. The summed E-state index contributed by atoms with van der Waals surface area (Å²) in [5, 5.41) is 0. The minimum Gasteiger partial charge on any atom is -0.327 e. The van der Waals surface area contributed by atoms with Gasteiger partial charge in [-0.15, -0.1) is 0 Å². The lowest BCUT2D eigenvalue weighted by molar-refractivity contribution is 0.409. The summed E-state index contributed by atoms with van der Waals surface area (Å²) in [6.07, 6.45) is 5.33. The quantitative estimate of drug-likeness (QED) is 0.890. The number of aromatic nitrogens is 1. The summed E-state index contributed by atoms with van der Waals surface area (Å²) in [5.41, 5.74) is 12.2. The molecule has 2 aromatic rings. The van der Waals surface area contributed by atoms with Crippen molar-refractivity contribution in [2.45, 2.75) is 37.1 Å². The fourth-order valence-corrected chi connectivity index (χ4v) is 3.74. The Kier molecular flexibility index (Phi) is 2.46. The van der Waals surface area contributed by atoms with E-state index >= 15 is 0 Å². The molecule has 0 amide bonds. The molecule has 4 rings (SSSR count). The highest BCUT2D eigenvalue weighted by molar-refractivity contribution is 5.43. The third kappa shape index (κ3) is 1.63. The molecule has 19 heavy (non-hydrogen) atoms. The highest BCUT2D eigenvalue weighted by Crippen LogP contribution is 2.44. The number of benzene rings is 1. The van der Waals surface area contributed by atoms with Gasteiger partial charge in [-0.3, -0.25) is 4.98 Å². The maximum absolute atomic E-state index is 6.57. The molecule has 2 N–H and O–H groups in total. The van der Waals surface area contributed by atoms with Gasteiger partial charge in [0.2, 0.25) is 0 Å². The summed E-state index contributed by atoms with van der Waals surface area (Å²) in [4.78, 5) is 4.58. The van der Waals surface area contributed by atoms with Crippen LogP contribution in [0.15, 0.2) is 42.6 Å². The number of pyridine rings is 1. The van der Waals surface area contributed by atoms with Crippen LogP contribution >= 0.6 is 0 Å². The summed E-state index contributed by atoms with van der Waals surface area (Å²) in [6.45, 7) is 0. The Morgan fingerprint density at radius 1 is 1.05 bits per heavy atom. The van der Waals surface area contributed by atoms with Crippen molar-refractivity contribution >= 4 is 0 Å². The van der Waals surface area contributed by atoms with E-state index in [9.17, 15) is 0 Å². The average Bonchev–Trinajstić information content (AvgIpc) is 2.84. The molecular formula is C17H18N2. The lowest BCUT2D eigenvalue weighted by atomic mass is 9.70. The minimum absolute atomic E-state index is 0.214. The van der Waals surface area contributed by atoms with E-state index in [1.807, 2.05) is 12.3 Å². The zero-order valence-corrected chi connectivity index (χ0v) is 10.9. The van der Waals surface area contributed by atoms with E-state index in [4.69, 9.17) is 5.73 Å². The smallest absolute Gasteiger partial charge is 0.0482 e. The standard InChI is InChI=1S/C17H18N2/c18-16(15-10-12-4-1-2-6-13(12)15)14-8-7-11-5-3-9-19-17(11)14/h1-6,9,14-16H,7-8,10,18H2. The van der Waals surface area contributed by atoms with Gasteiger partial charge in [0.1, 0.15) is 0 Å². The predicted molar refractivity (Wildman–Crippen MR) is 76.2 cm³/mol. The normalized spacial score (nSPS) is 25.3. The number of fused-ring (bicyclic) bond motifs is 2. The van der Waals surface area contributed by atoms with Crippen LogP contribution < -0.4 is 5.73 Å². The molecule has 0 saturated heterocycles. The first kappa shape index (κ1) is 11.2. The Labute approximate surface area is 113 Å². The van der Waals surface area contributed by atoms with Crippen LogP contribution in [0.3, 0.4) is 0 Å². The van der Waals surface area contributed by atoms with E-state index < -0.39 is 0 Å². The summed E-state index contributed by atoms with van der Waals surface area (Å²) < 4.78 is 0. The van der Waals surface area contributed by atoms with Crippen LogP contribution in [0.5, 0.6) is 0 Å². The Hall–Kier alpha value is -1.67. The van der Waals surface area contributed by atoms with Crippen molar-refractivity contribution in [1.29, 1.82) is 0 Å². The molecule has 0 bridgehead atoms. The van der Waals surface area contributed by atoms with Crippen molar-refractivity contribution in [1.82, 2.24) is 4.98 Å². The summed E-state index contributed by atoms with van der Waals surface area (Å²) >= 11 is 0. The molecule has 3 atom stereocenters. The molecule has 2 aliphatic carbocycles. The fourth-order valence-electron chi connectivity index (χ4n) is 3.74. The summed E-state index contributed by atoms with van der Waals surface area (Å²) in [7, 11) is 0. The number of hydrogen-bond acceptors (Lipinski definition) is 2. The van der Waals surface area contributed by atoms with Crippen LogP contribution in [-0.2, 0) is 12.8 Å². The summed E-state index contributed by atoms with van der Waals surface area (Å²) in [5.74, 6) is 0.962. The monoisotopic (exact) mass is 250 g/mol. The van der Waals surface area contributed by atoms with Crippen LogP contribution in [0.25, 0.3) is 0 Å². The Morgan fingerprint density at radius 2 is 1.89 bits per heavy atom. The Morgan fingerprint density at radius 3 is 2.79 bits per heavy atom. The van der Waals surface area contributed by atoms with Crippen molar-refractivity contribution < 1.29 is 0 Å². The minimum atomic E-state index is 0.214. The van der Waals surface area contributed by atoms with E-state index in [2.05, 4.69) is 35.3 Å². The lowest BCUT2D eigenvalue weighted by Crippen LogP contribution is -2.39. The molecule has 1 aromatic carbocycles. The van der Waals surface area contributed by atoms with Gasteiger partial charge in [-0.1, -0.05) is 30.3 Å². The summed E-state index contributed by atoms with van der Waals surface area (Å²) in [6, 6.07) is 13.1. The number of rotatable bonds is 2. The maximum atomic E-state index is 6.57. The Bertz CT molecular complexity index is 620. The first-order valence-electron chi connectivity index (χ1n) is 7.12. The van der Waals surface area contributed by atoms with Crippen LogP contribution in [0.4, 0.5) is 0 Å². The van der Waals surface area contributed by atoms with Crippen LogP contribution in [0.1, 0.15) is 40.6 Å². The van der Waals surface area contributed by atoms with Gasteiger partial charge in [-0.25, -0.2) is 0 Å². The number of nitrogens with zero attached hydrogens (tertiary/aromatic N) is 1. The topological polar surface area (TPSA) is 38.9 Å². The van der Waals surface area contributed by atoms with Crippen molar-refractivity contribution in [2.24, 2.45) is 5.73 Å². The second-order valence-electron chi connectivity index (χ2n) is 5.78. The SMILES string of the molecule is NC(C1Cc2ccccc21)C1CCc2cccnc21. The number of nitrogens with two attached hydrogens (primary N) is 1. The predicted octanol–water partition coefficient (Wildman–Crippen LogP) is 2.78. The van der Waals surface area contributed by atoms with Crippen LogP contribution in [-0.4, -0.2) is 11.0 Å². The molecule has 1 aromatic heterocycles. The third-order valence-corrected chi connectivity index (χ3v) is 4.83. The first-order valence-corrected chi connectivity index (χ1v) is 7.12. The zero-order valence-electron chi connectivity index (χ0n) is 10.9. The van der Waals surface area contributed by atoms with E-state index in [0.717, 1.165) is 19.3 Å². The van der Waals surface area contributed by atoms with Crippen LogP contribution in [0, 0.1) is 0 Å². The lowest BCUT2D eigenvalue weighted by Gasteiger charge is -2.37. The second-order valence-corrected chi connectivity index (χ2v) is 5.78. The van der Waals surface area contributed by atoms with Gasteiger partial charge in [0.25, 0.3) is 0 Å². The fraction of sp³-hybridized carbons (Fsp3) is 0.353. The molecular weight excluding hydrogens is 232 g/mol. The molecule has 2 heteroatoms. The molecule has 0 saturated carbocycles. The highest BCUT2D eigenvalue weighted by Gasteiger charge is 2.38. The molecule has 0 aliphatic heterocycles.